The van der Waals surface area contributed by atoms with Crippen LogP contribution in [0.1, 0.15) is 0 Å². The average Bonchev–Trinajstić information content (AvgIpc) is 3.48. The molecule has 0 aliphatic heterocycles. The van der Waals surface area contributed by atoms with E-state index in [4.69, 9.17) is 9.97 Å². The highest BCUT2D eigenvalue weighted by Crippen LogP contribution is 2.45. The lowest BCUT2D eigenvalue weighted by molar-refractivity contribution is 1.18. The van der Waals surface area contributed by atoms with Crippen LogP contribution in [0.2, 0.25) is 0 Å². The zero-order chi connectivity index (χ0) is 28.6. The number of nitrogens with zero attached hydrogens (tertiary/aromatic N) is 2. The maximum atomic E-state index is 5.20. The van der Waals surface area contributed by atoms with Gasteiger partial charge in [-0.3, -0.25) is 0 Å². The van der Waals surface area contributed by atoms with E-state index in [-0.39, 0.29) is 0 Å². The van der Waals surface area contributed by atoms with Crippen LogP contribution in [0, 0.1) is 0 Å². The summed E-state index contributed by atoms with van der Waals surface area (Å²) in [6.07, 6.45) is 0. The summed E-state index contributed by atoms with van der Waals surface area (Å²) in [5.74, 6) is 0.724. The molecule has 0 amide bonds. The van der Waals surface area contributed by atoms with E-state index in [0.717, 1.165) is 39.5 Å². The van der Waals surface area contributed by atoms with Gasteiger partial charge in [0, 0.05) is 42.4 Å². The maximum Gasteiger partial charge on any atom is 0.161 e. The fourth-order valence-electron chi connectivity index (χ4n) is 5.80. The largest absolute Gasteiger partial charge is 0.228 e. The van der Waals surface area contributed by atoms with Crippen molar-refractivity contribution in [3.63, 3.8) is 0 Å². The van der Waals surface area contributed by atoms with Crippen LogP contribution >= 0.6 is 11.3 Å². The molecule has 2 aromatic heterocycles. The van der Waals surface area contributed by atoms with Crippen LogP contribution in [0.4, 0.5) is 0 Å². The summed E-state index contributed by atoms with van der Waals surface area (Å²) in [6.45, 7) is 0. The van der Waals surface area contributed by atoms with Gasteiger partial charge in [0.1, 0.15) is 0 Å². The Bertz CT molecular complexity index is 2140. The number of rotatable bonds is 5. The van der Waals surface area contributed by atoms with Crippen LogP contribution in [0.15, 0.2) is 158 Å². The third-order valence-electron chi connectivity index (χ3n) is 7.93. The second kappa shape index (κ2) is 10.8. The SMILES string of the molecule is c1ccc(-c2ccc(-c3c(-c4nc(-c5ccccc5)cc(-c5ccccc5)n4)ccc4c3sc3ccccc34)cc2)cc1. The van der Waals surface area contributed by atoms with Crippen LogP contribution < -0.4 is 0 Å². The third-order valence-corrected chi connectivity index (χ3v) is 9.14. The van der Waals surface area contributed by atoms with Crippen LogP contribution in [0.3, 0.4) is 0 Å². The van der Waals surface area contributed by atoms with Crippen LogP contribution in [-0.4, -0.2) is 9.97 Å². The highest BCUT2D eigenvalue weighted by molar-refractivity contribution is 7.26. The van der Waals surface area contributed by atoms with E-state index < -0.39 is 0 Å². The molecule has 0 atom stereocenters. The van der Waals surface area contributed by atoms with E-state index in [0.29, 0.717) is 0 Å². The van der Waals surface area contributed by atoms with Crippen LogP contribution in [0.25, 0.3) is 76.3 Å². The minimum absolute atomic E-state index is 0.724. The molecule has 2 nitrogen and oxygen atoms in total. The summed E-state index contributed by atoms with van der Waals surface area (Å²) in [5.41, 5.74) is 9.72. The van der Waals surface area contributed by atoms with E-state index in [1.165, 1.54) is 36.9 Å². The van der Waals surface area contributed by atoms with Gasteiger partial charge in [-0.1, -0.05) is 140 Å². The molecule has 202 valence electrons. The number of benzene rings is 6. The molecule has 2 heterocycles. The molecule has 0 N–H and O–H groups in total. The van der Waals surface area contributed by atoms with Crippen molar-refractivity contribution in [3.05, 3.63) is 158 Å². The molecule has 3 heteroatoms. The molecular formula is C40H26N2S. The van der Waals surface area contributed by atoms with Crippen molar-refractivity contribution in [2.75, 3.05) is 0 Å². The summed E-state index contributed by atoms with van der Waals surface area (Å²) in [6, 6.07) is 55.4. The Kier molecular flexibility index (Phi) is 6.36. The Balaban J connectivity index is 1.39. The summed E-state index contributed by atoms with van der Waals surface area (Å²) < 4.78 is 2.53. The minimum Gasteiger partial charge on any atom is -0.228 e. The van der Waals surface area contributed by atoms with Gasteiger partial charge in [-0.25, -0.2) is 9.97 Å². The molecular weight excluding hydrogens is 541 g/mol. The molecule has 43 heavy (non-hydrogen) atoms. The van der Waals surface area contributed by atoms with Gasteiger partial charge in [0.15, 0.2) is 5.82 Å². The normalized spacial score (nSPS) is 11.3. The third kappa shape index (κ3) is 4.70. The topological polar surface area (TPSA) is 25.8 Å². The van der Waals surface area contributed by atoms with Gasteiger partial charge in [0.2, 0.25) is 0 Å². The van der Waals surface area contributed by atoms with Crippen molar-refractivity contribution in [2.24, 2.45) is 0 Å². The molecule has 0 saturated carbocycles. The Morgan fingerprint density at radius 2 is 0.907 bits per heavy atom. The molecule has 0 spiro atoms. The van der Waals surface area contributed by atoms with Gasteiger partial charge in [0.05, 0.1) is 11.4 Å². The predicted octanol–water partition coefficient (Wildman–Crippen LogP) is 11.2. The van der Waals surface area contributed by atoms with E-state index in [2.05, 4.69) is 146 Å². The lowest BCUT2D eigenvalue weighted by Crippen LogP contribution is -1.97. The zero-order valence-electron chi connectivity index (χ0n) is 23.3. The van der Waals surface area contributed by atoms with Gasteiger partial charge < -0.3 is 0 Å². The van der Waals surface area contributed by atoms with Crippen molar-refractivity contribution in [1.82, 2.24) is 9.97 Å². The molecule has 8 aromatic rings. The fourth-order valence-corrected chi connectivity index (χ4v) is 7.08. The molecule has 0 aliphatic carbocycles. The second-order valence-electron chi connectivity index (χ2n) is 10.6. The van der Waals surface area contributed by atoms with Crippen molar-refractivity contribution < 1.29 is 0 Å². The van der Waals surface area contributed by atoms with Crippen molar-refractivity contribution in [1.29, 1.82) is 0 Å². The van der Waals surface area contributed by atoms with Gasteiger partial charge in [-0.05, 0) is 34.9 Å². The Labute approximate surface area is 254 Å². The van der Waals surface area contributed by atoms with Gasteiger partial charge in [-0.2, -0.15) is 0 Å². The molecule has 0 fully saturated rings. The molecule has 8 rings (SSSR count). The Hall–Kier alpha value is -5.38. The molecule has 0 unspecified atom stereocenters. The van der Waals surface area contributed by atoms with E-state index in [1.807, 2.05) is 23.5 Å². The highest BCUT2D eigenvalue weighted by Gasteiger charge is 2.19. The molecule has 0 saturated heterocycles. The average molecular weight is 567 g/mol. The zero-order valence-corrected chi connectivity index (χ0v) is 24.1. The first-order valence-electron chi connectivity index (χ1n) is 14.4. The lowest BCUT2D eigenvalue weighted by Gasteiger charge is -2.14. The van der Waals surface area contributed by atoms with E-state index in [1.54, 1.807) is 0 Å². The molecule has 0 radical (unpaired) electrons. The maximum absolute atomic E-state index is 5.20. The van der Waals surface area contributed by atoms with Crippen molar-refractivity contribution in [2.45, 2.75) is 0 Å². The molecule has 0 aliphatic rings. The number of hydrogen-bond acceptors (Lipinski definition) is 3. The second-order valence-corrected chi connectivity index (χ2v) is 11.7. The number of aromatic nitrogens is 2. The van der Waals surface area contributed by atoms with E-state index in [9.17, 15) is 0 Å². The highest BCUT2D eigenvalue weighted by atomic mass is 32.1. The van der Waals surface area contributed by atoms with Gasteiger partial charge in [0.25, 0.3) is 0 Å². The lowest BCUT2D eigenvalue weighted by atomic mass is 9.94. The molecule has 6 aromatic carbocycles. The first kappa shape index (κ1) is 25.3. The summed E-state index contributed by atoms with van der Waals surface area (Å²) >= 11 is 1.84. The monoisotopic (exact) mass is 566 g/mol. The standard InChI is InChI=1S/C40H26N2S/c1-4-12-27(13-5-1)28-20-22-31(23-21-28)38-34(25-24-33-32-18-10-11-19-37(32)43-39(33)38)40-41-35(29-14-6-2-7-15-29)26-36(42-40)30-16-8-3-9-17-30/h1-26H. The van der Waals surface area contributed by atoms with Crippen LogP contribution in [0.5, 0.6) is 0 Å². The number of thiophene rings is 1. The van der Waals surface area contributed by atoms with Gasteiger partial charge >= 0.3 is 0 Å². The van der Waals surface area contributed by atoms with E-state index >= 15 is 0 Å². The summed E-state index contributed by atoms with van der Waals surface area (Å²) in [5, 5.41) is 2.54. The van der Waals surface area contributed by atoms with Crippen molar-refractivity contribution in [3.8, 4) is 56.2 Å². The quantitative estimate of drug-likeness (QED) is 0.207. The Morgan fingerprint density at radius 1 is 0.395 bits per heavy atom. The fraction of sp³-hybridized carbons (Fsp3) is 0. The number of fused-ring (bicyclic) bond motifs is 3. The summed E-state index contributed by atoms with van der Waals surface area (Å²) in [4.78, 5) is 10.4. The first-order chi connectivity index (χ1) is 21.3. The minimum atomic E-state index is 0.724. The molecule has 0 bridgehead atoms. The first-order valence-corrected chi connectivity index (χ1v) is 15.2. The van der Waals surface area contributed by atoms with Crippen LogP contribution in [-0.2, 0) is 0 Å². The number of hydrogen-bond donors (Lipinski definition) is 0. The smallest absolute Gasteiger partial charge is 0.161 e. The predicted molar refractivity (Wildman–Crippen MR) is 182 cm³/mol. The van der Waals surface area contributed by atoms with Crippen molar-refractivity contribution >= 4 is 31.5 Å². The summed E-state index contributed by atoms with van der Waals surface area (Å²) in [7, 11) is 0. The Morgan fingerprint density at radius 3 is 1.53 bits per heavy atom. The van der Waals surface area contributed by atoms with Gasteiger partial charge in [-0.15, -0.1) is 11.3 Å².